The largest absolute Gasteiger partial charge is 0.384 e. The van der Waals surface area contributed by atoms with Crippen LogP contribution in [-0.2, 0) is 6.54 Å². The Morgan fingerprint density at radius 2 is 2.19 bits per heavy atom. The van der Waals surface area contributed by atoms with Gasteiger partial charge in [0.2, 0.25) is 0 Å². The molecule has 1 aromatic carbocycles. The molecule has 0 fully saturated rings. The molecule has 2 aromatic rings. The van der Waals surface area contributed by atoms with Gasteiger partial charge in [-0.05, 0) is 36.6 Å². The standard InChI is InChI=1S/C13H17N5OS2/c1-3-7-18-12(19)16-17-13(18)21-9-6-4-5-8(20-2)10(9)11(14)15/h4-6H,3,7H2,1-2H3,(H3,14,15)(H,16,19). The lowest BCUT2D eigenvalue weighted by molar-refractivity contribution is 0.604. The highest BCUT2D eigenvalue weighted by Gasteiger charge is 2.15. The van der Waals surface area contributed by atoms with Crippen molar-refractivity contribution in [3.05, 3.63) is 34.2 Å². The molecule has 0 saturated heterocycles. The molecular formula is C13H17N5OS2. The molecule has 0 atom stereocenters. The fourth-order valence-electron chi connectivity index (χ4n) is 1.93. The molecule has 8 heteroatoms. The van der Waals surface area contributed by atoms with E-state index in [0.717, 1.165) is 16.2 Å². The minimum Gasteiger partial charge on any atom is -0.384 e. The van der Waals surface area contributed by atoms with Crippen molar-refractivity contribution in [2.24, 2.45) is 5.73 Å². The second kappa shape index (κ2) is 6.86. The Kier molecular flexibility index (Phi) is 5.13. The van der Waals surface area contributed by atoms with Gasteiger partial charge >= 0.3 is 5.69 Å². The molecule has 0 bridgehead atoms. The van der Waals surface area contributed by atoms with Crippen LogP contribution in [0, 0.1) is 5.41 Å². The van der Waals surface area contributed by atoms with E-state index in [0.29, 0.717) is 17.3 Å². The normalized spacial score (nSPS) is 10.8. The Labute approximate surface area is 131 Å². The van der Waals surface area contributed by atoms with Crippen LogP contribution >= 0.6 is 23.5 Å². The fourth-order valence-corrected chi connectivity index (χ4v) is 3.68. The van der Waals surface area contributed by atoms with Crippen molar-refractivity contribution in [3.8, 4) is 0 Å². The van der Waals surface area contributed by atoms with Gasteiger partial charge in [-0.25, -0.2) is 9.89 Å². The van der Waals surface area contributed by atoms with Gasteiger partial charge in [0.15, 0.2) is 5.16 Å². The molecule has 0 radical (unpaired) electrons. The molecule has 0 saturated carbocycles. The fraction of sp³-hybridized carbons (Fsp3) is 0.308. The van der Waals surface area contributed by atoms with Gasteiger partial charge in [0.1, 0.15) is 5.84 Å². The Morgan fingerprint density at radius 3 is 2.81 bits per heavy atom. The lowest BCUT2D eigenvalue weighted by atomic mass is 10.2. The second-order valence-electron chi connectivity index (χ2n) is 4.31. The number of aromatic nitrogens is 3. The second-order valence-corrected chi connectivity index (χ2v) is 6.17. The molecule has 21 heavy (non-hydrogen) atoms. The van der Waals surface area contributed by atoms with Crippen LogP contribution in [0.3, 0.4) is 0 Å². The van der Waals surface area contributed by atoms with E-state index in [4.69, 9.17) is 11.1 Å². The summed E-state index contributed by atoms with van der Waals surface area (Å²) in [4.78, 5) is 13.5. The molecule has 2 rings (SSSR count). The minimum atomic E-state index is -0.218. The lowest BCUT2D eigenvalue weighted by Crippen LogP contribution is -2.17. The third-order valence-corrected chi connectivity index (χ3v) is 4.68. The van der Waals surface area contributed by atoms with Gasteiger partial charge in [-0.2, -0.15) is 0 Å². The predicted molar refractivity (Wildman–Crippen MR) is 86.5 cm³/mol. The van der Waals surface area contributed by atoms with Gasteiger partial charge in [-0.3, -0.25) is 9.98 Å². The SMILES string of the molecule is CCCn1c(Sc2cccc(SC)c2C(=N)N)n[nH]c1=O. The molecule has 6 nitrogen and oxygen atoms in total. The summed E-state index contributed by atoms with van der Waals surface area (Å²) >= 11 is 2.88. The van der Waals surface area contributed by atoms with Gasteiger partial charge in [-0.15, -0.1) is 16.9 Å². The number of amidine groups is 1. The third kappa shape index (κ3) is 3.33. The van der Waals surface area contributed by atoms with Crippen molar-refractivity contribution in [2.75, 3.05) is 6.26 Å². The number of H-pyrrole nitrogens is 1. The van der Waals surface area contributed by atoms with Crippen molar-refractivity contribution in [1.29, 1.82) is 5.41 Å². The van der Waals surface area contributed by atoms with E-state index >= 15 is 0 Å². The number of rotatable bonds is 6. The van der Waals surface area contributed by atoms with Crippen molar-refractivity contribution < 1.29 is 0 Å². The molecule has 4 N–H and O–H groups in total. The molecule has 0 aliphatic heterocycles. The van der Waals surface area contributed by atoms with E-state index in [-0.39, 0.29) is 11.5 Å². The zero-order chi connectivity index (χ0) is 15.4. The zero-order valence-corrected chi connectivity index (χ0v) is 13.5. The van der Waals surface area contributed by atoms with Crippen LogP contribution in [0.15, 0.2) is 37.9 Å². The van der Waals surface area contributed by atoms with Crippen molar-refractivity contribution in [3.63, 3.8) is 0 Å². The van der Waals surface area contributed by atoms with Crippen molar-refractivity contribution in [1.82, 2.24) is 14.8 Å². The summed E-state index contributed by atoms with van der Waals surface area (Å²) in [5, 5.41) is 14.9. The van der Waals surface area contributed by atoms with Crippen LogP contribution < -0.4 is 11.4 Å². The molecule has 0 amide bonds. The lowest BCUT2D eigenvalue weighted by Gasteiger charge is -2.11. The average Bonchev–Trinajstić information content (AvgIpc) is 2.80. The molecule has 1 heterocycles. The van der Waals surface area contributed by atoms with E-state index in [2.05, 4.69) is 10.2 Å². The number of nitrogens with two attached hydrogens (primary N) is 1. The number of nitrogens with zero attached hydrogens (tertiary/aromatic N) is 2. The highest BCUT2D eigenvalue weighted by atomic mass is 32.2. The third-order valence-electron chi connectivity index (χ3n) is 2.85. The van der Waals surface area contributed by atoms with Crippen LogP contribution in [0.25, 0.3) is 0 Å². The average molecular weight is 323 g/mol. The summed E-state index contributed by atoms with van der Waals surface area (Å²) in [6, 6.07) is 5.72. The minimum absolute atomic E-state index is 0.0161. The summed E-state index contributed by atoms with van der Waals surface area (Å²) in [6.07, 6.45) is 2.79. The Bertz CT molecular complexity index is 707. The maximum absolute atomic E-state index is 11.7. The molecule has 1 aromatic heterocycles. The van der Waals surface area contributed by atoms with Crippen LogP contribution in [-0.4, -0.2) is 26.9 Å². The number of hydrogen-bond donors (Lipinski definition) is 3. The topological polar surface area (TPSA) is 101 Å². The van der Waals surface area contributed by atoms with Crippen LogP contribution in [0.1, 0.15) is 18.9 Å². The highest BCUT2D eigenvalue weighted by molar-refractivity contribution is 7.99. The monoisotopic (exact) mass is 323 g/mol. The zero-order valence-electron chi connectivity index (χ0n) is 11.8. The van der Waals surface area contributed by atoms with E-state index in [1.165, 1.54) is 23.5 Å². The number of nitrogen functional groups attached to an aromatic ring is 1. The maximum Gasteiger partial charge on any atom is 0.343 e. The first-order chi connectivity index (χ1) is 10.1. The first-order valence-corrected chi connectivity index (χ1v) is 8.47. The summed E-state index contributed by atoms with van der Waals surface area (Å²) in [6.45, 7) is 2.61. The van der Waals surface area contributed by atoms with Gasteiger partial charge in [-0.1, -0.05) is 13.0 Å². The quantitative estimate of drug-likeness (QED) is 0.429. The smallest absolute Gasteiger partial charge is 0.343 e. The molecule has 0 spiro atoms. The molecule has 0 aliphatic carbocycles. The summed E-state index contributed by atoms with van der Waals surface area (Å²) in [5.41, 5.74) is 6.18. The summed E-state index contributed by atoms with van der Waals surface area (Å²) < 4.78 is 1.60. The van der Waals surface area contributed by atoms with Gasteiger partial charge in [0.25, 0.3) is 0 Å². The number of aromatic amines is 1. The maximum atomic E-state index is 11.7. The Hall–Kier alpha value is -1.67. The first-order valence-electron chi connectivity index (χ1n) is 6.43. The van der Waals surface area contributed by atoms with Crippen LogP contribution in [0.4, 0.5) is 0 Å². The van der Waals surface area contributed by atoms with Crippen molar-refractivity contribution in [2.45, 2.75) is 34.8 Å². The van der Waals surface area contributed by atoms with Gasteiger partial charge < -0.3 is 5.73 Å². The molecule has 0 unspecified atom stereocenters. The van der Waals surface area contributed by atoms with Crippen molar-refractivity contribution >= 4 is 29.4 Å². The number of benzene rings is 1. The van der Waals surface area contributed by atoms with Gasteiger partial charge in [0.05, 0.1) is 0 Å². The van der Waals surface area contributed by atoms with E-state index in [9.17, 15) is 4.79 Å². The number of thioether (sulfide) groups is 1. The van der Waals surface area contributed by atoms with Gasteiger partial charge in [0, 0.05) is 21.9 Å². The number of nitrogens with one attached hydrogen (secondary N) is 2. The molecule has 112 valence electrons. The molecule has 0 aliphatic rings. The van der Waals surface area contributed by atoms with E-state index in [1.54, 1.807) is 4.57 Å². The highest BCUT2D eigenvalue weighted by Crippen LogP contribution is 2.33. The Balaban J connectivity index is 2.45. The van der Waals surface area contributed by atoms with Crippen LogP contribution in [0.5, 0.6) is 0 Å². The predicted octanol–water partition coefficient (Wildman–Crippen LogP) is 2.14. The Morgan fingerprint density at radius 1 is 1.48 bits per heavy atom. The molecular weight excluding hydrogens is 306 g/mol. The first kappa shape index (κ1) is 15.7. The van der Waals surface area contributed by atoms with E-state index < -0.39 is 0 Å². The summed E-state index contributed by atoms with van der Waals surface area (Å²) in [5.74, 6) is 0.0161. The van der Waals surface area contributed by atoms with E-state index in [1.807, 2.05) is 31.4 Å². The summed E-state index contributed by atoms with van der Waals surface area (Å²) in [7, 11) is 0. The number of hydrogen-bond acceptors (Lipinski definition) is 5. The van der Waals surface area contributed by atoms with Crippen LogP contribution in [0.2, 0.25) is 0 Å².